The van der Waals surface area contributed by atoms with Crippen LogP contribution in [0.2, 0.25) is 0 Å². The summed E-state index contributed by atoms with van der Waals surface area (Å²) in [6.45, 7) is 0. The average Bonchev–Trinajstić information content (AvgIpc) is 2.81. The molecular formula is C13H14N2O3. The monoisotopic (exact) mass is 246 g/mol. The second-order valence-electron chi connectivity index (χ2n) is 4.04. The van der Waals surface area contributed by atoms with Crippen LogP contribution in [0.3, 0.4) is 0 Å². The van der Waals surface area contributed by atoms with Crippen LogP contribution >= 0.6 is 0 Å². The van der Waals surface area contributed by atoms with Crippen molar-refractivity contribution in [3.8, 4) is 0 Å². The third-order valence-electron chi connectivity index (χ3n) is 2.89. The Morgan fingerprint density at radius 1 is 1.56 bits per heavy atom. The van der Waals surface area contributed by atoms with E-state index in [9.17, 15) is 9.59 Å². The van der Waals surface area contributed by atoms with E-state index in [4.69, 9.17) is 5.73 Å². The van der Waals surface area contributed by atoms with Crippen molar-refractivity contribution >= 4 is 23.2 Å². The highest BCUT2D eigenvalue weighted by atomic mass is 16.5. The molecule has 0 spiro atoms. The van der Waals surface area contributed by atoms with Gasteiger partial charge in [-0.1, -0.05) is 12.1 Å². The number of fused-ring (bicyclic) bond motifs is 1. The molecule has 0 aliphatic carbocycles. The van der Waals surface area contributed by atoms with Gasteiger partial charge < -0.3 is 15.5 Å². The number of esters is 1. The third-order valence-corrected chi connectivity index (χ3v) is 2.89. The van der Waals surface area contributed by atoms with Crippen LogP contribution in [0, 0.1) is 0 Å². The Labute approximate surface area is 104 Å². The number of rotatable bonds is 4. The van der Waals surface area contributed by atoms with Crippen LogP contribution in [-0.2, 0) is 16.0 Å². The third kappa shape index (κ3) is 2.12. The summed E-state index contributed by atoms with van der Waals surface area (Å²) < 4.78 is 4.59. The van der Waals surface area contributed by atoms with Crippen molar-refractivity contribution < 1.29 is 14.3 Å². The largest absolute Gasteiger partial charge is 0.468 e. The zero-order valence-electron chi connectivity index (χ0n) is 9.97. The first-order valence-electron chi connectivity index (χ1n) is 5.55. The minimum Gasteiger partial charge on any atom is -0.468 e. The Balaban J connectivity index is 2.40. The van der Waals surface area contributed by atoms with Crippen molar-refractivity contribution in [2.45, 2.75) is 12.5 Å². The summed E-state index contributed by atoms with van der Waals surface area (Å²) in [4.78, 5) is 25.4. The molecule has 5 nitrogen and oxygen atoms in total. The SMILES string of the molecule is COC(=O)C(N)Cc1c[nH]c2cccc(C=O)c12. The Bertz CT molecular complexity index is 589. The topological polar surface area (TPSA) is 85.2 Å². The zero-order valence-corrected chi connectivity index (χ0v) is 9.97. The summed E-state index contributed by atoms with van der Waals surface area (Å²) in [5, 5.41) is 0.812. The van der Waals surface area contributed by atoms with Gasteiger partial charge in [0.25, 0.3) is 0 Å². The van der Waals surface area contributed by atoms with Crippen LogP contribution in [0.1, 0.15) is 15.9 Å². The molecule has 0 radical (unpaired) electrons. The van der Waals surface area contributed by atoms with Crippen LogP contribution in [0.5, 0.6) is 0 Å². The number of aldehydes is 1. The van der Waals surface area contributed by atoms with E-state index >= 15 is 0 Å². The molecule has 3 N–H and O–H groups in total. The molecule has 1 atom stereocenters. The molecule has 2 rings (SSSR count). The van der Waals surface area contributed by atoms with E-state index < -0.39 is 12.0 Å². The summed E-state index contributed by atoms with van der Waals surface area (Å²) in [5.41, 5.74) is 8.00. The molecule has 18 heavy (non-hydrogen) atoms. The van der Waals surface area contributed by atoms with Gasteiger partial charge in [-0.2, -0.15) is 0 Å². The van der Waals surface area contributed by atoms with E-state index in [1.54, 1.807) is 18.3 Å². The van der Waals surface area contributed by atoms with Crippen molar-refractivity contribution in [3.63, 3.8) is 0 Å². The molecule has 1 aromatic heterocycles. The van der Waals surface area contributed by atoms with E-state index in [-0.39, 0.29) is 0 Å². The Kier molecular flexibility index (Phi) is 3.43. The molecule has 0 saturated carbocycles. The normalized spacial score (nSPS) is 12.3. The van der Waals surface area contributed by atoms with Crippen LogP contribution in [0.15, 0.2) is 24.4 Å². The molecule has 0 saturated heterocycles. The van der Waals surface area contributed by atoms with E-state index in [0.29, 0.717) is 12.0 Å². The van der Waals surface area contributed by atoms with Crippen LogP contribution in [0.25, 0.3) is 10.9 Å². The minimum absolute atomic E-state index is 0.331. The molecule has 1 heterocycles. The minimum atomic E-state index is -0.728. The Hall–Kier alpha value is -2.14. The van der Waals surface area contributed by atoms with Crippen molar-refractivity contribution in [2.24, 2.45) is 5.73 Å². The number of H-pyrrole nitrogens is 1. The molecule has 1 unspecified atom stereocenters. The quantitative estimate of drug-likeness (QED) is 0.623. The van der Waals surface area contributed by atoms with Crippen LogP contribution in [-0.4, -0.2) is 30.4 Å². The highest BCUT2D eigenvalue weighted by Crippen LogP contribution is 2.22. The molecule has 0 aliphatic rings. The Morgan fingerprint density at radius 3 is 3.00 bits per heavy atom. The average molecular weight is 246 g/mol. The van der Waals surface area contributed by atoms with E-state index in [0.717, 1.165) is 22.8 Å². The highest BCUT2D eigenvalue weighted by molar-refractivity contribution is 5.99. The van der Waals surface area contributed by atoms with Gasteiger partial charge in [-0.05, 0) is 11.6 Å². The number of hydrogen-bond donors (Lipinski definition) is 2. The van der Waals surface area contributed by atoms with Crippen LogP contribution in [0.4, 0.5) is 0 Å². The number of aromatic amines is 1. The number of nitrogens with two attached hydrogens (primary N) is 1. The molecule has 1 aromatic carbocycles. The summed E-state index contributed by atoms with van der Waals surface area (Å²) in [6, 6.07) is 4.67. The highest BCUT2D eigenvalue weighted by Gasteiger charge is 2.17. The lowest BCUT2D eigenvalue weighted by Gasteiger charge is -2.08. The number of nitrogens with one attached hydrogen (secondary N) is 1. The Morgan fingerprint density at radius 2 is 2.33 bits per heavy atom. The van der Waals surface area contributed by atoms with Crippen molar-refractivity contribution in [1.29, 1.82) is 0 Å². The van der Waals surface area contributed by atoms with Gasteiger partial charge in [-0.25, -0.2) is 0 Å². The van der Waals surface area contributed by atoms with Crippen LogP contribution < -0.4 is 5.73 Å². The fraction of sp³-hybridized carbons (Fsp3) is 0.231. The molecule has 94 valence electrons. The lowest BCUT2D eigenvalue weighted by Crippen LogP contribution is -2.33. The van der Waals surface area contributed by atoms with Gasteiger partial charge >= 0.3 is 5.97 Å². The standard InChI is InChI=1S/C13H14N2O3/c1-18-13(17)10(14)5-9-6-15-11-4-2-3-8(7-16)12(9)11/h2-4,6-7,10,15H,5,14H2,1H3. The first kappa shape index (κ1) is 12.3. The summed E-state index contributed by atoms with van der Waals surface area (Å²) >= 11 is 0. The molecule has 0 aliphatic heterocycles. The van der Waals surface area contributed by atoms with E-state index in [2.05, 4.69) is 9.72 Å². The first-order chi connectivity index (χ1) is 8.67. The van der Waals surface area contributed by atoms with Crippen molar-refractivity contribution in [2.75, 3.05) is 7.11 Å². The fourth-order valence-corrected chi connectivity index (χ4v) is 2.02. The van der Waals surface area contributed by atoms with Gasteiger partial charge in [-0.3, -0.25) is 9.59 Å². The molecule has 0 fully saturated rings. The fourth-order valence-electron chi connectivity index (χ4n) is 2.02. The van der Waals surface area contributed by atoms with Gasteiger partial charge in [-0.15, -0.1) is 0 Å². The molecule has 2 aromatic rings. The number of aromatic nitrogens is 1. The smallest absolute Gasteiger partial charge is 0.322 e. The second-order valence-corrected chi connectivity index (χ2v) is 4.04. The van der Waals surface area contributed by atoms with Gasteiger partial charge in [0, 0.05) is 29.1 Å². The number of hydrogen-bond acceptors (Lipinski definition) is 4. The van der Waals surface area contributed by atoms with Gasteiger partial charge in [0.15, 0.2) is 6.29 Å². The van der Waals surface area contributed by atoms with E-state index in [1.807, 2.05) is 6.07 Å². The van der Waals surface area contributed by atoms with Crippen molar-refractivity contribution in [1.82, 2.24) is 4.98 Å². The maximum atomic E-state index is 11.3. The molecular weight excluding hydrogens is 232 g/mol. The molecule has 5 heteroatoms. The zero-order chi connectivity index (χ0) is 13.1. The summed E-state index contributed by atoms with van der Waals surface area (Å²) in [7, 11) is 1.30. The predicted octanol–water partition coefficient (Wildman–Crippen LogP) is 1.02. The van der Waals surface area contributed by atoms with Crippen molar-refractivity contribution in [3.05, 3.63) is 35.5 Å². The maximum absolute atomic E-state index is 11.3. The number of ether oxygens (including phenoxy) is 1. The maximum Gasteiger partial charge on any atom is 0.322 e. The van der Waals surface area contributed by atoms with Gasteiger partial charge in [0.2, 0.25) is 0 Å². The number of methoxy groups -OCH3 is 1. The first-order valence-corrected chi connectivity index (χ1v) is 5.55. The number of benzene rings is 1. The number of carbonyl (C=O) groups is 2. The molecule has 0 bridgehead atoms. The lowest BCUT2D eigenvalue weighted by molar-refractivity contribution is -0.142. The number of carbonyl (C=O) groups excluding carboxylic acids is 2. The second kappa shape index (κ2) is 5.01. The van der Waals surface area contributed by atoms with Gasteiger partial charge in [0.05, 0.1) is 7.11 Å². The molecule has 0 amide bonds. The lowest BCUT2D eigenvalue weighted by atomic mass is 10.0. The van der Waals surface area contributed by atoms with E-state index in [1.165, 1.54) is 7.11 Å². The predicted molar refractivity (Wildman–Crippen MR) is 67.4 cm³/mol. The van der Waals surface area contributed by atoms with Gasteiger partial charge in [0.1, 0.15) is 6.04 Å². The summed E-state index contributed by atoms with van der Waals surface area (Å²) in [6.07, 6.45) is 2.89. The summed E-state index contributed by atoms with van der Waals surface area (Å²) in [5.74, 6) is -0.465.